The van der Waals surface area contributed by atoms with Crippen LogP contribution >= 0.6 is 12.6 Å². The maximum absolute atomic E-state index is 12.0. The number of thiol groups is 1. The lowest BCUT2D eigenvalue weighted by Gasteiger charge is -2.25. The molecule has 1 aliphatic rings. The molecule has 3 nitrogen and oxygen atoms in total. The third-order valence-corrected chi connectivity index (χ3v) is 3.87. The van der Waals surface area contributed by atoms with Gasteiger partial charge < -0.3 is 0 Å². The second-order valence-corrected chi connectivity index (χ2v) is 5.40. The highest BCUT2D eigenvalue weighted by atomic mass is 32.1. The van der Waals surface area contributed by atoms with Crippen molar-refractivity contribution in [2.75, 3.05) is 0 Å². The summed E-state index contributed by atoms with van der Waals surface area (Å²) in [6.07, 6.45) is 0.781. The minimum absolute atomic E-state index is 0.102. The second kappa shape index (κ2) is 5.70. The molecule has 0 saturated heterocycles. The summed E-state index contributed by atoms with van der Waals surface area (Å²) in [6, 6.07) is 7.46. The first-order valence-electron chi connectivity index (χ1n) is 6.40. The lowest BCUT2D eigenvalue weighted by atomic mass is 9.75. The molecule has 2 rings (SSSR count). The van der Waals surface area contributed by atoms with Crippen molar-refractivity contribution in [3.8, 4) is 0 Å². The van der Waals surface area contributed by atoms with Gasteiger partial charge in [0.1, 0.15) is 5.92 Å². The molecule has 1 aliphatic carbocycles. The fraction of sp³-hybridized carbons (Fsp3) is 0.400. The van der Waals surface area contributed by atoms with Gasteiger partial charge in [-0.05, 0) is 23.6 Å². The van der Waals surface area contributed by atoms with Gasteiger partial charge in [-0.2, -0.15) is 0 Å². The third kappa shape index (κ3) is 2.95. The van der Waals surface area contributed by atoms with Gasteiger partial charge in [-0.3, -0.25) is 14.4 Å². The Balaban J connectivity index is 2.18. The summed E-state index contributed by atoms with van der Waals surface area (Å²) in [5.41, 5.74) is 0.960. The van der Waals surface area contributed by atoms with Crippen LogP contribution in [0.15, 0.2) is 29.2 Å². The fourth-order valence-electron chi connectivity index (χ4n) is 2.52. The highest BCUT2D eigenvalue weighted by Gasteiger charge is 2.39. The molecule has 0 bridgehead atoms. The van der Waals surface area contributed by atoms with Crippen molar-refractivity contribution in [1.82, 2.24) is 0 Å². The smallest absolute Gasteiger partial charge is 0.151 e. The normalized spacial score (nSPS) is 23.5. The highest BCUT2D eigenvalue weighted by Crippen LogP contribution is 2.32. The van der Waals surface area contributed by atoms with Gasteiger partial charge in [-0.25, -0.2) is 0 Å². The molecule has 4 heteroatoms. The van der Waals surface area contributed by atoms with E-state index in [9.17, 15) is 14.4 Å². The fourth-order valence-corrected chi connectivity index (χ4v) is 2.67. The summed E-state index contributed by atoms with van der Waals surface area (Å²) in [4.78, 5) is 36.5. The van der Waals surface area contributed by atoms with E-state index in [-0.39, 0.29) is 42.5 Å². The maximum Gasteiger partial charge on any atom is 0.151 e. The van der Waals surface area contributed by atoms with Crippen LogP contribution in [0.3, 0.4) is 0 Å². The Bertz CT molecular complexity index is 501. The standard InChI is InChI=1S/C15H16O3S/c1-2-12(16)15-13(17)7-10(8-14(15)18)9-3-5-11(19)6-4-9/h3-6,10,15,19H,2,7-8H2,1H3. The van der Waals surface area contributed by atoms with E-state index < -0.39 is 5.92 Å². The average molecular weight is 276 g/mol. The summed E-state index contributed by atoms with van der Waals surface area (Å²) in [5.74, 6) is -1.83. The summed E-state index contributed by atoms with van der Waals surface area (Å²) in [7, 11) is 0. The molecular formula is C15H16O3S. The van der Waals surface area contributed by atoms with Crippen LogP contribution in [0.4, 0.5) is 0 Å². The minimum atomic E-state index is -1.01. The molecule has 19 heavy (non-hydrogen) atoms. The molecule has 0 heterocycles. The van der Waals surface area contributed by atoms with Gasteiger partial charge in [-0.1, -0.05) is 19.1 Å². The van der Waals surface area contributed by atoms with E-state index in [2.05, 4.69) is 12.6 Å². The number of carbonyl (C=O) groups excluding carboxylic acids is 3. The zero-order valence-electron chi connectivity index (χ0n) is 10.8. The number of carbonyl (C=O) groups is 3. The molecule has 0 amide bonds. The molecule has 1 aromatic rings. The summed E-state index contributed by atoms with van der Waals surface area (Å²) < 4.78 is 0. The van der Waals surface area contributed by atoms with Gasteiger partial charge in [-0.15, -0.1) is 12.6 Å². The van der Waals surface area contributed by atoms with Gasteiger partial charge in [0, 0.05) is 24.2 Å². The summed E-state index contributed by atoms with van der Waals surface area (Å²) in [6.45, 7) is 1.68. The predicted octanol–water partition coefficient (Wildman–Crippen LogP) is 2.59. The number of hydrogen-bond donors (Lipinski definition) is 1. The second-order valence-electron chi connectivity index (χ2n) is 4.88. The van der Waals surface area contributed by atoms with E-state index in [4.69, 9.17) is 0 Å². The molecule has 1 saturated carbocycles. The van der Waals surface area contributed by atoms with Crippen molar-refractivity contribution in [1.29, 1.82) is 0 Å². The Kier molecular flexibility index (Phi) is 4.20. The van der Waals surface area contributed by atoms with Crippen LogP contribution in [0.25, 0.3) is 0 Å². The van der Waals surface area contributed by atoms with Crippen LogP contribution in [0, 0.1) is 5.92 Å². The number of ketones is 3. The van der Waals surface area contributed by atoms with Crippen molar-refractivity contribution in [3.05, 3.63) is 29.8 Å². The Labute approximate surface area is 117 Å². The summed E-state index contributed by atoms with van der Waals surface area (Å²) >= 11 is 4.21. The average Bonchev–Trinajstić information content (AvgIpc) is 2.38. The molecule has 1 fully saturated rings. The number of benzene rings is 1. The van der Waals surface area contributed by atoms with Gasteiger partial charge >= 0.3 is 0 Å². The lowest BCUT2D eigenvalue weighted by Crippen LogP contribution is -2.37. The maximum atomic E-state index is 12.0. The Morgan fingerprint density at radius 1 is 1.16 bits per heavy atom. The van der Waals surface area contributed by atoms with E-state index in [1.807, 2.05) is 24.3 Å². The van der Waals surface area contributed by atoms with E-state index in [1.165, 1.54) is 0 Å². The van der Waals surface area contributed by atoms with Crippen molar-refractivity contribution in [3.63, 3.8) is 0 Å². The first kappa shape index (κ1) is 14.0. The SMILES string of the molecule is CCC(=O)C1C(=O)CC(c2ccc(S)cc2)CC1=O. The van der Waals surface area contributed by atoms with Crippen molar-refractivity contribution in [2.45, 2.75) is 37.0 Å². The van der Waals surface area contributed by atoms with Gasteiger partial charge in [0.05, 0.1) is 0 Å². The van der Waals surface area contributed by atoms with E-state index in [1.54, 1.807) is 6.92 Å². The van der Waals surface area contributed by atoms with E-state index in [0.717, 1.165) is 10.5 Å². The van der Waals surface area contributed by atoms with Crippen molar-refractivity contribution < 1.29 is 14.4 Å². The largest absolute Gasteiger partial charge is 0.298 e. The van der Waals surface area contributed by atoms with Gasteiger partial charge in [0.25, 0.3) is 0 Å². The lowest BCUT2D eigenvalue weighted by molar-refractivity contribution is -0.142. The Morgan fingerprint density at radius 2 is 1.68 bits per heavy atom. The monoisotopic (exact) mass is 276 g/mol. The van der Waals surface area contributed by atoms with Crippen LogP contribution < -0.4 is 0 Å². The quantitative estimate of drug-likeness (QED) is 0.682. The van der Waals surface area contributed by atoms with Crippen LogP contribution in [0.5, 0.6) is 0 Å². The van der Waals surface area contributed by atoms with Crippen LogP contribution in [0.2, 0.25) is 0 Å². The molecule has 0 N–H and O–H groups in total. The van der Waals surface area contributed by atoms with Gasteiger partial charge in [0.2, 0.25) is 0 Å². The van der Waals surface area contributed by atoms with Crippen molar-refractivity contribution in [2.24, 2.45) is 5.92 Å². The first-order chi connectivity index (χ1) is 9.02. The molecule has 0 aromatic heterocycles. The number of rotatable bonds is 3. The van der Waals surface area contributed by atoms with Gasteiger partial charge in [0.15, 0.2) is 17.3 Å². The molecule has 0 aliphatic heterocycles. The zero-order valence-corrected chi connectivity index (χ0v) is 11.7. The molecule has 0 atom stereocenters. The minimum Gasteiger partial charge on any atom is -0.298 e. The van der Waals surface area contributed by atoms with E-state index >= 15 is 0 Å². The molecular weight excluding hydrogens is 260 g/mol. The van der Waals surface area contributed by atoms with Crippen LogP contribution in [-0.2, 0) is 14.4 Å². The van der Waals surface area contributed by atoms with Crippen LogP contribution in [-0.4, -0.2) is 17.3 Å². The third-order valence-electron chi connectivity index (χ3n) is 3.57. The highest BCUT2D eigenvalue weighted by molar-refractivity contribution is 7.80. The number of Topliss-reactive ketones (excluding diaryl/α,β-unsaturated/α-hetero) is 3. The predicted molar refractivity (Wildman–Crippen MR) is 74.5 cm³/mol. The molecule has 100 valence electrons. The summed E-state index contributed by atoms with van der Waals surface area (Å²) in [5, 5.41) is 0. The zero-order chi connectivity index (χ0) is 14.0. The first-order valence-corrected chi connectivity index (χ1v) is 6.84. The molecule has 0 spiro atoms. The molecule has 0 radical (unpaired) electrons. The molecule has 1 aromatic carbocycles. The van der Waals surface area contributed by atoms with E-state index in [0.29, 0.717) is 0 Å². The number of hydrogen-bond acceptors (Lipinski definition) is 4. The van der Waals surface area contributed by atoms with Crippen molar-refractivity contribution >= 4 is 30.0 Å². The van der Waals surface area contributed by atoms with Crippen LogP contribution in [0.1, 0.15) is 37.7 Å². The Hall–Kier alpha value is -1.42. The topological polar surface area (TPSA) is 51.2 Å². The Morgan fingerprint density at radius 3 is 2.16 bits per heavy atom. The molecule has 0 unspecified atom stereocenters.